The number of allylic oxidation sites excluding steroid dienone is 4. The number of nitrogens with two attached hydrogens (primary N) is 1. The Hall–Kier alpha value is -1.77. The first-order chi connectivity index (χ1) is 6.93. The number of nitrogens with zero attached hydrogens (tertiary/aromatic N) is 1. The molecule has 3 heteroatoms. The van der Waals surface area contributed by atoms with Crippen molar-refractivity contribution in [1.82, 2.24) is 4.90 Å². The molecule has 0 radical (unpaired) electrons. The average Bonchev–Trinajstić information content (AvgIpc) is 2.16. The highest BCUT2D eigenvalue weighted by atomic mass is 16.2. The maximum atomic E-state index is 11.8. The summed E-state index contributed by atoms with van der Waals surface area (Å²) in [6.07, 6.45) is 4.80. The second-order valence-electron chi connectivity index (χ2n) is 3.37. The number of carbonyl (C=O) groups is 1. The first kappa shape index (κ1) is 13.2. The Balaban J connectivity index is 5.51. The molecule has 0 heterocycles. The van der Waals surface area contributed by atoms with Gasteiger partial charge in [-0.05, 0) is 18.6 Å². The fourth-order valence-electron chi connectivity index (χ4n) is 1.04. The third-order valence-electron chi connectivity index (χ3n) is 1.76. The number of amides is 1. The van der Waals surface area contributed by atoms with Gasteiger partial charge in [-0.3, -0.25) is 4.79 Å². The fraction of sp³-hybridized carbons (Fsp3) is 0.250. The molecule has 0 unspecified atom stereocenters. The molecule has 0 aliphatic rings. The van der Waals surface area contributed by atoms with Gasteiger partial charge in [0.2, 0.25) is 0 Å². The van der Waals surface area contributed by atoms with Gasteiger partial charge in [-0.25, -0.2) is 0 Å². The van der Waals surface area contributed by atoms with E-state index in [0.29, 0.717) is 16.8 Å². The summed E-state index contributed by atoms with van der Waals surface area (Å²) in [7, 11) is 3.37. The average molecular weight is 206 g/mol. The lowest BCUT2D eigenvalue weighted by Gasteiger charge is -2.13. The van der Waals surface area contributed by atoms with E-state index >= 15 is 0 Å². The summed E-state index contributed by atoms with van der Waals surface area (Å²) < 4.78 is 0. The molecule has 0 aromatic carbocycles. The van der Waals surface area contributed by atoms with Crippen LogP contribution in [0.5, 0.6) is 0 Å². The van der Waals surface area contributed by atoms with Crippen molar-refractivity contribution in [3.8, 4) is 0 Å². The topological polar surface area (TPSA) is 46.3 Å². The predicted molar refractivity (Wildman–Crippen MR) is 64.1 cm³/mol. The van der Waals surface area contributed by atoms with Crippen molar-refractivity contribution < 1.29 is 4.79 Å². The molecule has 15 heavy (non-hydrogen) atoms. The van der Waals surface area contributed by atoms with Gasteiger partial charge in [0, 0.05) is 25.4 Å². The van der Waals surface area contributed by atoms with Crippen molar-refractivity contribution in [3.63, 3.8) is 0 Å². The summed E-state index contributed by atoms with van der Waals surface area (Å²) in [5.74, 6) is -0.116. The first-order valence-electron chi connectivity index (χ1n) is 4.58. The zero-order valence-electron chi connectivity index (χ0n) is 9.58. The van der Waals surface area contributed by atoms with Crippen molar-refractivity contribution in [2.75, 3.05) is 14.1 Å². The number of carbonyl (C=O) groups excluding carboxylic acids is 1. The van der Waals surface area contributed by atoms with Crippen LogP contribution in [0.4, 0.5) is 0 Å². The standard InChI is InChI=1S/C12H18N2O/c1-6-10(7-2)11(8-9(3)13)12(15)14(4)5/h6-8H,1-2,13H2,3-5H3/b9-8+. The van der Waals surface area contributed by atoms with Crippen LogP contribution in [0.15, 0.2) is 48.2 Å². The number of hydrogen-bond acceptors (Lipinski definition) is 2. The molecule has 0 saturated carbocycles. The second kappa shape index (κ2) is 5.86. The monoisotopic (exact) mass is 206 g/mol. The minimum Gasteiger partial charge on any atom is -0.402 e. The molecule has 0 rings (SSSR count). The number of rotatable bonds is 4. The maximum Gasteiger partial charge on any atom is 0.254 e. The lowest BCUT2D eigenvalue weighted by molar-refractivity contribution is -0.124. The van der Waals surface area contributed by atoms with Crippen LogP contribution in [0.1, 0.15) is 6.92 Å². The lowest BCUT2D eigenvalue weighted by atomic mass is 10.1. The largest absolute Gasteiger partial charge is 0.402 e. The van der Waals surface area contributed by atoms with E-state index in [0.717, 1.165) is 0 Å². The van der Waals surface area contributed by atoms with Gasteiger partial charge in [-0.1, -0.05) is 25.3 Å². The molecule has 82 valence electrons. The molecule has 0 aromatic heterocycles. The zero-order valence-corrected chi connectivity index (χ0v) is 9.58. The summed E-state index contributed by atoms with van der Waals surface area (Å²) in [6, 6.07) is 0. The Morgan fingerprint density at radius 3 is 2.00 bits per heavy atom. The molecule has 2 N–H and O–H groups in total. The number of likely N-dealkylation sites (N-methyl/N-ethyl adjacent to an activating group) is 1. The van der Waals surface area contributed by atoms with Crippen LogP contribution in [0, 0.1) is 0 Å². The van der Waals surface area contributed by atoms with Gasteiger partial charge in [-0.15, -0.1) is 0 Å². The summed E-state index contributed by atoms with van der Waals surface area (Å²) in [4.78, 5) is 13.3. The van der Waals surface area contributed by atoms with Crippen molar-refractivity contribution in [1.29, 1.82) is 0 Å². The van der Waals surface area contributed by atoms with Crippen molar-refractivity contribution in [2.24, 2.45) is 5.73 Å². The molecule has 0 fully saturated rings. The van der Waals surface area contributed by atoms with Crippen LogP contribution in [0.3, 0.4) is 0 Å². The van der Waals surface area contributed by atoms with Crippen LogP contribution in [-0.2, 0) is 4.79 Å². The Labute approximate surface area is 91.3 Å². The van der Waals surface area contributed by atoms with E-state index in [1.165, 1.54) is 4.90 Å². The SMILES string of the molecule is C=CC(C=C)=C(/C=C(\C)N)C(=O)N(C)C. The molecular weight excluding hydrogens is 188 g/mol. The van der Waals surface area contributed by atoms with Crippen LogP contribution >= 0.6 is 0 Å². The fourth-order valence-corrected chi connectivity index (χ4v) is 1.04. The molecule has 0 saturated heterocycles. The third-order valence-corrected chi connectivity index (χ3v) is 1.76. The smallest absolute Gasteiger partial charge is 0.254 e. The molecule has 0 spiro atoms. The van der Waals surface area contributed by atoms with Crippen molar-refractivity contribution in [2.45, 2.75) is 6.92 Å². The Kier molecular flexibility index (Phi) is 5.16. The predicted octanol–water partition coefficient (Wildman–Crippen LogP) is 1.61. The molecular formula is C12H18N2O. The van der Waals surface area contributed by atoms with E-state index < -0.39 is 0 Å². The van der Waals surface area contributed by atoms with Gasteiger partial charge >= 0.3 is 0 Å². The van der Waals surface area contributed by atoms with Crippen LogP contribution in [0.2, 0.25) is 0 Å². The quantitative estimate of drug-likeness (QED) is 0.561. The van der Waals surface area contributed by atoms with Gasteiger partial charge < -0.3 is 10.6 Å². The highest BCUT2D eigenvalue weighted by molar-refractivity contribution is 5.97. The van der Waals surface area contributed by atoms with E-state index in [9.17, 15) is 4.79 Å². The van der Waals surface area contributed by atoms with Gasteiger partial charge in [-0.2, -0.15) is 0 Å². The van der Waals surface area contributed by atoms with Gasteiger partial charge in [0.25, 0.3) is 5.91 Å². The molecule has 0 bridgehead atoms. The summed E-state index contributed by atoms with van der Waals surface area (Å²) >= 11 is 0. The number of hydrogen-bond donors (Lipinski definition) is 1. The zero-order chi connectivity index (χ0) is 12.0. The molecule has 0 atom stereocenters. The van der Waals surface area contributed by atoms with Crippen LogP contribution in [0.25, 0.3) is 0 Å². The minimum absolute atomic E-state index is 0.116. The molecule has 3 nitrogen and oxygen atoms in total. The van der Waals surface area contributed by atoms with E-state index in [1.807, 2.05) is 0 Å². The minimum atomic E-state index is -0.116. The highest BCUT2D eigenvalue weighted by Crippen LogP contribution is 2.12. The summed E-state index contributed by atoms with van der Waals surface area (Å²) in [5, 5.41) is 0. The van der Waals surface area contributed by atoms with Gasteiger partial charge in [0.15, 0.2) is 0 Å². The molecule has 0 aromatic rings. The van der Waals surface area contributed by atoms with E-state index in [-0.39, 0.29) is 5.91 Å². The van der Waals surface area contributed by atoms with Gasteiger partial charge in [0.1, 0.15) is 0 Å². The lowest BCUT2D eigenvalue weighted by Crippen LogP contribution is -2.24. The van der Waals surface area contributed by atoms with Crippen molar-refractivity contribution in [3.05, 3.63) is 48.2 Å². The van der Waals surface area contributed by atoms with Crippen molar-refractivity contribution >= 4 is 5.91 Å². The summed E-state index contributed by atoms with van der Waals surface area (Å²) in [5.41, 5.74) is 7.32. The Bertz CT molecular complexity index is 322. The second-order valence-corrected chi connectivity index (χ2v) is 3.37. The molecule has 0 aliphatic carbocycles. The maximum absolute atomic E-state index is 11.8. The van der Waals surface area contributed by atoms with E-state index in [1.54, 1.807) is 39.2 Å². The first-order valence-corrected chi connectivity index (χ1v) is 4.58. The highest BCUT2D eigenvalue weighted by Gasteiger charge is 2.11. The van der Waals surface area contributed by atoms with E-state index in [4.69, 9.17) is 5.73 Å². The van der Waals surface area contributed by atoms with Crippen LogP contribution in [-0.4, -0.2) is 24.9 Å². The summed E-state index contributed by atoms with van der Waals surface area (Å²) in [6.45, 7) is 8.99. The Morgan fingerprint density at radius 1 is 1.27 bits per heavy atom. The molecule has 0 aliphatic heterocycles. The Morgan fingerprint density at radius 2 is 1.73 bits per heavy atom. The third kappa shape index (κ3) is 3.85. The van der Waals surface area contributed by atoms with E-state index in [2.05, 4.69) is 13.2 Å². The van der Waals surface area contributed by atoms with Gasteiger partial charge in [0.05, 0.1) is 0 Å². The molecule has 1 amide bonds. The normalized spacial score (nSPS) is 10.5. The van der Waals surface area contributed by atoms with Crippen LogP contribution < -0.4 is 5.73 Å².